The second-order valence-corrected chi connectivity index (χ2v) is 6.10. The number of para-hydroxylation sites is 1. The molecule has 1 aliphatic heterocycles. The van der Waals surface area contributed by atoms with E-state index >= 15 is 0 Å². The van der Waals surface area contributed by atoms with Crippen LogP contribution in [0.4, 0.5) is 0 Å². The number of carbonyl (C=O) groups is 1. The van der Waals surface area contributed by atoms with Crippen LogP contribution in [-0.4, -0.2) is 33.6 Å². The largest absolute Gasteiger partial charge is 0.334 e. The summed E-state index contributed by atoms with van der Waals surface area (Å²) in [5, 5.41) is 8.13. The Morgan fingerprint density at radius 3 is 2.78 bits per heavy atom. The number of aromatic amines is 1. The fourth-order valence-electron chi connectivity index (χ4n) is 3.46. The molecule has 1 aromatic heterocycles. The summed E-state index contributed by atoms with van der Waals surface area (Å²) in [6.45, 7) is 0.817. The number of H-pyrrole nitrogens is 1. The molecule has 116 valence electrons. The number of benzene rings is 2. The van der Waals surface area contributed by atoms with E-state index in [4.69, 9.17) is 0 Å². The van der Waals surface area contributed by atoms with Crippen molar-refractivity contribution >= 4 is 16.8 Å². The maximum atomic E-state index is 13.0. The van der Waals surface area contributed by atoms with Gasteiger partial charge in [-0.1, -0.05) is 48.5 Å². The summed E-state index contributed by atoms with van der Waals surface area (Å²) in [7, 11) is 0. The number of carbonyl (C=O) groups excluding carboxylic acids is 1. The Hall–Kier alpha value is -2.62. The van der Waals surface area contributed by atoms with E-state index in [9.17, 15) is 4.79 Å². The minimum absolute atomic E-state index is 0.0425. The molecule has 0 radical (unpaired) electrons. The SMILES string of the molecule is O=C(c1n[nH]c2ccccc12)N1CCC[C@H]1Cc1ccccc1. The zero-order valence-corrected chi connectivity index (χ0v) is 12.9. The second-order valence-electron chi connectivity index (χ2n) is 6.10. The van der Waals surface area contributed by atoms with E-state index in [0.29, 0.717) is 5.69 Å². The number of amides is 1. The smallest absolute Gasteiger partial charge is 0.275 e. The molecule has 1 amide bonds. The van der Waals surface area contributed by atoms with Gasteiger partial charge in [-0.15, -0.1) is 0 Å². The van der Waals surface area contributed by atoms with Gasteiger partial charge in [0.1, 0.15) is 0 Å². The van der Waals surface area contributed by atoms with Crippen LogP contribution >= 0.6 is 0 Å². The monoisotopic (exact) mass is 305 g/mol. The molecule has 1 N–H and O–H groups in total. The van der Waals surface area contributed by atoms with Gasteiger partial charge in [0.2, 0.25) is 0 Å². The Morgan fingerprint density at radius 2 is 1.91 bits per heavy atom. The quantitative estimate of drug-likeness (QED) is 0.806. The number of nitrogens with zero attached hydrogens (tertiary/aromatic N) is 2. The van der Waals surface area contributed by atoms with Crippen LogP contribution in [-0.2, 0) is 6.42 Å². The Balaban J connectivity index is 1.60. The van der Waals surface area contributed by atoms with Crippen molar-refractivity contribution in [3.63, 3.8) is 0 Å². The van der Waals surface area contributed by atoms with Gasteiger partial charge >= 0.3 is 0 Å². The minimum Gasteiger partial charge on any atom is -0.334 e. The maximum Gasteiger partial charge on any atom is 0.275 e. The number of nitrogens with one attached hydrogen (secondary N) is 1. The van der Waals surface area contributed by atoms with E-state index in [1.807, 2.05) is 35.2 Å². The lowest BCUT2D eigenvalue weighted by Crippen LogP contribution is -2.37. The molecule has 4 nitrogen and oxygen atoms in total. The summed E-state index contributed by atoms with van der Waals surface area (Å²) in [5.41, 5.74) is 2.74. The van der Waals surface area contributed by atoms with Crippen LogP contribution < -0.4 is 0 Å². The molecule has 2 aromatic carbocycles. The summed E-state index contributed by atoms with van der Waals surface area (Å²) in [6.07, 6.45) is 3.03. The first kappa shape index (κ1) is 14.0. The highest BCUT2D eigenvalue weighted by atomic mass is 16.2. The zero-order chi connectivity index (χ0) is 15.6. The number of hydrogen-bond acceptors (Lipinski definition) is 2. The van der Waals surface area contributed by atoms with Crippen LogP contribution in [0.15, 0.2) is 54.6 Å². The molecule has 1 aliphatic rings. The summed E-state index contributed by atoms with van der Waals surface area (Å²) >= 11 is 0. The summed E-state index contributed by atoms with van der Waals surface area (Å²) in [4.78, 5) is 15.0. The molecular weight excluding hydrogens is 286 g/mol. The summed E-state index contributed by atoms with van der Waals surface area (Å²) in [5.74, 6) is 0.0425. The number of likely N-dealkylation sites (tertiary alicyclic amines) is 1. The molecule has 0 bridgehead atoms. The molecule has 1 fully saturated rings. The topological polar surface area (TPSA) is 49.0 Å². The zero-order valence-electron chi connectivity index (χ0n) is 12.9. The second kappa shape index (κ2) is 5.88. The third-order valence-corrected chi connectivity index (χ3v) is 4.63. The van der Waals surface area contributed by atoms with Crippen LogP contribution in [0.5, 0.6) is 0 Å². The van der Waals surface area contributed by atoms with Gasteiger partial charge in [-0.05, 0) is 30.9 Å². The molecule has 3 aromatic rings. The molecule has 0 aliphatic carbocycles. The highest BCUT2D eigenvalue weighted by Gasteiger charge is 2.31. The fraction of sp³-hybridized carbons (Fsp3) is 0.263. The molecule has 1 atom stereocenters. The van der Waals surface area contributed by atoms with Crippen molar-refractivity contribution in [1.82, 2.24) is 15.1 Å². The Kier molecular flexibility index (Phi) is 3.58. The first-order valence-corrected chi connectivity index (χ1v) is 8.11. The van der Waals surface area contributed by atoms with Crippen molar-refractivity contribution in [2.45, 2.75) is 25.3 Å². The average molecular weight is 305 g/mol. The third kappa shape index (κ3) is 2.61. The van der Waals surface area contributed by atoms with E-state index < -0.39 is 0 Å². The van der Waals surface area contributed by atoms with Crippen molar-refractivity contribution in [2.24, 2.45) is 0 Å². The van der Waals surface area contributed by atoms with Gasteiger partial charge in [-0.25, -0.2) is 0 Å². The van der Waals surface area contributed by atoms with Crippen LogP contribution in [0.2, 0.25) is 0 Å². The van der Waals surface area contributed by atoms with Gasteiger partial charge in [0, 0.05) is 18.0 Å². The van der Waals surface area contributed by atoms with Crippen molar-refractivity contribution in [2.75, 3.05) is 6.54 Å². The predicted molar refractivity (Wildman–Crippen MR) is 90.3 cm³/mol. The van der Waals surface area contributed by atoms with Crippen molar-refractivity contribution < 1.29 is 4.79 Å². The van der Waals surface area contributed by atoms with Crippen LogP contribution in [0.3, 0.4) is 0 Å². The van der Waals surface area contributed by atoms with Crippen LogP contribution in [0.25, 0.3) is 10.9 Å². The minimum atomic E-state index is 0.0425. The van der Waals surface area contributed by atoms with Crippen molar-refractivity contribution in [3.8, 4) is 0 Å². The van der Waals surface area contributed by atoms with Crippen LogP contribution in [0, 0.1) is 0 Å². The number of fused-ring (bicyclic) bond motifs is 1. The van der Waals surface area contributed by atoms with Gasteiger partial charge < -0.3 is 4.90 Å². The van der Waals surface area contributed by atoms with Gasteiger partial charge in [0.05, 0.1) is 5.52 Å². The average Bonchev–Trinajstić information content (AvgIpc) is 3.22. The van der Waals surface area contributed by atoms with Crippen molar-refractivity contribution in [1.29, 1.82) is 0 Å². The molecular formula is C19H19N3O. The summed E-state index contributed by atoms with van der Waals surface area (Å²) in [6, 6.07) is 18.4. The van der Waals surface area contributed by atoms with Crippen molar-refractivity contribution in [3.05, 3.63) is 65.9 Å². The normalized spacial score (nSPS) is 17.7. The Morgan fingerprint density at radius 1 is 1.13 bits per heavy atom. The molecule has 2 heterocycles. The predicted octanol–water partition coefficient (Wildman–Crippen LogP) is 3.41. The van der Waals surface area contributed by atoms with Gasteiger partial charge in [-0.3, -0.25) is 9.89 Å². The molecule has 0 saturated carbocycles. The van der Waals surface area contributed by atoms with E-state index in [2.05, 4.69) is 34.5 Å². The third-order valence-electron chi connectivity index (χ3n) is 4.63. The number of aromatic nitrogens is 2. The standard InChI is InChI=1S/C19H19N3O/c23-19(18-16-10-4-5-11-17(16)20-21-18)22-12-6-9-15(22)13-14-7-2-1-3-8-14/h1-5,7-8,10-11,15H,6,9,12-13H2,(H,20,21)/t15-/m0/s1. The lowest BCUT2D eigenvalue weighted by molar-refractivity contribution is 0.0732. The highest BCUT2D eigenvalue weighted by molar-refractivity contribution is 6.04. The lowest BCUT2D eigenvalue weighted by Gasteiger charge is -2.24. The number of hydrogen-bond donors (Lipinski definition) is 1. The van der Waals surface area contributed by atoms with E-state index in [1.54, 1.807) is 0 Å². The molecule has 4 heteroatoms. The Bertz CT molecular complexity index is 825. The van der Waals surface area contributed by atoms with Crippen LogP contribution in [0.1, 0.15) is 28.9 Å². The first-order valence-electron chi connectivity index (χ1n) is 8.11. The summed E-state index contributed by atoms with van der Waals surface area (Å²) < 4.78 is 0. The number of rotatable bonds is 3. The molecule has 1 saturated heterocycles. The lowest BCUT2D eigenvalue weighted by atomic mass is 10.0. The van der Waals surface area contributed by atoms with E-state index in [-0.39, 0.29) is 11.9 Å². The van der Waals surface area contributed by atoms with Gasteiger partial charge in [0.15, 0.2) is 5.69 Å². The first-order chi connectivity index (χ1) is 11.3. The highest BCUT2D eigenvalue weighted by Crippen LogP contribution is 2.25. The Labute approximate surface area is 135 Å². The van der Waals surface area contributed by atoms with Gasteiger partial charge in [-0.2, -0.15) is 5.10 Å². The van der Waals surface area contributed by atoms with E-state index in [1.165, 1.54) is 5.56 Å². The molecule has 0 spiro atoms. The fourth-order valence-corrected chi connectivity index (χ4v) is 3.46. The maximum absolute atomic E-state index is 13.0. The van der Waals surface area contributed by atoms with E-state index in [0.717, 1.165) is 36.7 Å². The molecule has 23 heavy (non-hydrogen) atoms. The molecule has 4 rings (SSSR count). The molecule has 0 unspecified atom stereocenters. The van der Waals surface area contributed by atoms with Gasteiger partial charge in [0.25, 0.3) is 5.91 Å².